The van der Waals surface area contributed by atoms with E-state index in [4.69, 9.17) is 0 Å². The number of nitrogens with one attached hydrogen (secondary N) is 1. The molecule has 1 aromatic heterocycles. The van der Waals surface area contributed by atoms with Crippen molar-refractivity contribution in [2.45, 2.75) is 11.9 Å². The number of halogens is 1. The van der Waals surface area contributed by atoms with Crippen LogP contribution in [0.4, 0.5) is 5.69 Å². The fourth-order valence-corrected chi connectivity index (χ4v) is 3.46. The van der Waals surface area contributed by atoms with Crippen LogP contribution in [-0.2, 0) is 4.79 Å². The minimum absolute atomic E-state index is 0.0600. The Labute approximate surface area is 146 Å². The average molecular weight is 388 g/mol. The number of carbonyl (C=O) groups is 1. The highest BCUT2D eigenvalue weighted by Crippen LogP contribution is 2.25. The van der Waals surface area contributed by atoms with E-state index >= 15 is 0 Å². The number of hydrogen-bond donors (Lipinski definition) is 1. The highest BCUT2D eigenvalue weighted by molar-refractivity contribution is 9.10. The second-order valence-corrected chi connectivity index (χ2v) is 6.91. The predicted molar refractivity (Wildman–Crippen MR) is 97.8 cm³/mol. The molecule has 0 radical (unpaired) electrons. The van der Waals surface area contributed by atoms with Gasteiger partial charge in [0, 0.05) is 20.9 Å². The molecule has 0 saturated carbocycles. The van der Waals surface area contributed by atoms with Crippen LogP contribution in [0.5, 0.6) is 0 Å². The van der Waals surface area contributed by atoms with Crippen LogP contribution in [0.25, 0.3) is 10.8 Å². The number of aryl methyl sites for hydroxylation is 1. The molecular weight excluding hydrogens is 374 g/mol. The van der Waals surface area contributed by atoms with Crippen molar-refractivity contribution in [3.05, 3.63) is 58.7 Å². The summed E-state index contributed by atoms with van der Waals surface area (Å²) < 4.78 is 0.994. The van der Waals surface area contributed by atoms with Gasteiger partial charge in [0.2, 0.25) is 5.91 Å². The van der Waals surface area contributed by atoms with E-state index in [9.17, 15) is 4.79 Å². The molecule has 0 bridgehead atoms. The molecule has 4 nitrogen and oxygen atoms in total. The van der Waals surface area contributed by atoms with Gasteiger partial charge in [-0.25, -0.2) is 0 Å². The summed E-state index contributed by atoms with van der Waals surface area (Å²) in [6.45, 7) is 1.96. The second-order valence-electron chi connectivity index (χ2n) is 5.03. The summed E-state index contributed by atoms with van der Waals surface area (Å²) in [6, 6.07) is 13.7. The quantitative estimate of drug-likeness (QED) is 0.672. The van der Waals surface area contributed by atoms with Gasteiger partial charge in [-0.05, 0) is 30.7 Å². The number of carbonyl (C=O) groups excluding carboxylic acids is 1. The Bertz CT molecular complexity index is 864. The second kappa shape index (κ2) is 7.10. The summed E-state index contributed by atoms with van der Waals surface area (Å²) >= 11 is 4.81. The highest BCUT2D eigenvalue weighted by atomic mass is 79.9. The van der Waals surface area contributed by atoms with Gasteiger partial charge in [-0.2, -0.15) is 5.10 Å². The van der Waals surface area contributed by atoms with E-state index in [2.05, 4.69) is 31.4 Å². The molecular formula is C17H14BrN3OS. The van der Waals surface area contributed by atoms with Crippen molar-refractivity contribution in [2.24, 2.45) is 0 Å². The van der Waals surface area contributed by atoms with Crippen LogP contribution in [0.1, 0.15) is 5.56 Å². The van der Waals surface area contributed by atoms with E-state index in [-0.39, 0.29) is 11.7 Å². The Morgan fingerprint density at radius 2 is 2.09 bits per heavy atom. The van der Waals surface area contributed by atoms with Gasteiger partial charge in [-0.3, -0.25) is 4.79 Å². The van der Waals surface area contributed by atoms with Crippen LogP contribution < -0.4 is 5.32 Å². The largest absolute Gasteiger partial charge is 0.325 e. The van der Waals surface area contributed by atoms with Crippen LogP contribution in [0.2, 0.25) is 0 Å². The molecule has 0 fully saturated rings. The normalized spacial score (nSPS) is 10.7. The van der Waals surface area contributed by atoms with E-state index in [1.807, 2.05) is 49.4 Å². The average Bonchev–Trinajstić information content (AvgIpc) is 2.55. The number of amides is 1. The fourth-order valence-electron chi connectivity index (χ4n) is 2.20. The number of rotatable bonds is 4. The molecule has 2 aromatic carbocycles. The summed E-state index contributed by atoms with van der Waals surface area (Å²) in [5.74, 6) is 0.230. The monoisotopic (exact) mass is 387 g/mol. The fraction of sp³-hybridized carbons (Fsp3) is 0.118. The summed E-state index contributed by atoms with van der Waals surface area (Å²) in [7, 11) is 0. The highest BCUT2D eigenvalue weighted by Gasteiger charge is 2.09. The molecule has 0 spiro atoms. The molecule has 3 rings (SSSR count). The van der Waals surface area contributed by atoms with Gasteiger partial charge in [0.05, 0.1) is 11.9 Å². The van der Waals surface area contributed by atoms with Gasteiger partial charge in [-0.15, -0.1) is 5.10 Å². The van der Waals surface area contributed by atoms with Crippen molar-refractivity contribution < 1.29 is 4.79 Å². The van der Waals surface area contributed by atoms with Crippen LogP contribution in [-0.4, -0.2) is 21.9 Å². The Morgan fingerprint density at radius 3 is 2.91 bits per heavy atom. The molecule has 0 atom stereocenters. The van der Waals surface area contributed by atoms with Crippen molar-refractivity contribution >= 4 is 50.1 Å². The maximum absolute atomic E-state index is 12.2. The van der Waals surface area contributed by atoms with E-state index in [0.717, 1.165) is 31.5 Å². The molecule has 23 heavy (non-hydrogen) atoms. The lowest BCUT2D eigenvalue weighted by Gasteiger charge is -2.09. The molecule has 0 unspecified atom stereocenters. The molecule has 3 aromatic rings. The maximum atomic E-state index is 12.2. The van der Waals surface area contributed by atoms with Crippen molar-refractivity contribution in [3.8, 4) is 0 Å². The van der Waals surface area contributed by atoms with Crippen LogP contribution in [0.3, 0.4) is 0 Å². The molecule has 0 aliphatic rings. The van der Waals surface area contributed by atoms with Gasteiger partial charge in [-0.1, -0.05) is 52.0 Å². The third-order valence-electron chi connectivity index (χ3n) is 3.34. The van der Waals surface area contributed by atoms with Crippen LogP contribution in [0, 0.1) is 6.92 Å². The minimum atomic E-state index is -0.0600. The zero-order valence-corrected chi connectivity index (χ0v) is 14.8. The van der Waals surface area contributed by atoms with Gasteiger partial charge >= 0.3 is 0 Å². The smallest absolute Gasteiger partial charge is 0.234 e. The first-order chi connectivity index (χ1) is 11.1. The molecule has 1 heterocycles. The third kappa shape index (κ3) is 3.89. The molecule has 116 valence electrons. The lowest BCUT2D eigenvalue weighted by molar-refractivity contribution is -0.113. The number of benzene rings is 2. The zero-order chi connectivity index (χ0) is 16.2. The Balaban J connectivity index is 1.69. The number of aromatic nitrogens is 2. The van der Waals surface area contributed by atoms with Gasteiger partial charge in [0.1, 0.15) is 5.03 Å². The van der Waals surface area contributed by atoms with Gasteiger partial charge in [0.15, 0.2) is 0 Å². The first kappa shape index (κ1) is 16.0. The first-order valence-corrected chi connectivity index (χ1v) is 8.80. The van der Waals surface area contributed by atoms with Crippen LogP contribution in [0.15, 0.2) is 58.2 Å². The van der Waals surface area contributed by atoms with E-state index < -0.39 is 0 Å². The summed E-state index contributed by atoms with van der Waals surface area (Å²) in [5, 5.41) is 13.9. The van der Waals surface area contributed by atoms with Crippen molar-refractivity contribution in [2.75, 3.05) is 11.1 Å². The summed E-state index contributed by atoms with van der Waals surface area (Å²) in [5.41, 5.74) is 1.84. The molecule has 0 aliphatic carbocycles. The van der Waals surface area contributed by atoms with Gasteiger partial charge in [0.25, 0.3) is 0 Å². The topological polar surface area (TPSA) is 54.9 Å². The lowest BCUT2D eigenvalue weighted by atomic mass is 10.2. The minimum Gasteiger partial charge on any atom is -0.325 e. The maximum Gasteiger partial charge on any atom is 0.234 e. The number of anilines is 1. The Kier molecular flexibility index (Phi) is 4.93. The van der Waals surface area contributed by atoms with Gasteiger partial charge < -0.3 is 5.32 Å². The predicted octanol–water partition coefficient (Wildman–Crippen LogP) is 4.43. The zero-order valence-electron chi connectivity index (χ0n) is 12.4. The van der Waals surface area contributed by atoms with Crippen molar-refractivity contribution in [1.29, 1.82) is 0 Å². The lowest BCUT2D eigenvalue weighted by Crippen LogP contribution is -2.15. The summed E-state index contributed by atoms with van der Waals surface area (Å²) in [6.07, 6.45) is 1.73. The Hall–Kier alpha value is -1.92. The number of nitrogens with zero attached hydrogens (tertiary/aromatic N) is 2. The Morgan fingerprint density at radius 1 is 1.26 bits per heavy atom. The van der Waals surface area contributed by atoms with E-state index in [1.54, 1.807) is 6.20 Å². The van der Waals surface area contributed by atoms with E-state index in [0.29, 0.717) is 0 Å². The molecule has 0 aliphatic heterocycles. The molecule has 6 heteroatoms. The molecule has 0 saturated heterocycles. The first-order valence-electron chi connectivity index (χ1n) is 7.03. The third-order valence-corrected chi connectivity index (χ3v) is 4.81. The molecule has 1 N–H and O–H groups in total. The number of thioether (sulfide) groups is 1. The van der Waals surface area contributed by atoms with Crippen molar-refractivity contribution in [3.63, 3.8) is 0 Å². The standard InChI is InChI=1S/C17H14BrN3OS/c1-11-8-13(18)6-7-15(11)20-16(22)10-23-17-14-5-3-2-4-12(14)9-19-21-17/h2-9H,10H2,1H3,(H,20,22). The molecule has 1 amide bonds. The van der Waals surface area contributed by atoms with Crippen LogP contribution >= 0.6 is 27.7 Å². The SMILES string of the molecule is Cc1cc(Br)ccc1NC(=O)CSc1nncc2ccccc12. The number of hydrogen-bond acceptors (Lipinski definition) is 4. The van der Waals surface area contributed by atoms with Crippen molar-refractivity contribution in [1.82, 2.24) is 10.2 Å². The summed E-state index contributed by atoms with van der Waals surface area (Å²) in [4.78, 5) is 12.2. The van der Waals surface area contributed by atoms with E-state index in [1.165, 1.54) is 11.8 Å². The number of fused-ring (bicyclic) bond motifs is 1.